The fourth-order valence-corrected chi connectivity index (χ4v) is 4.86. The number of methoxy groups -OCH3 is 1. The van der Waals surface area contributed by atoms with Gasteiger partial charge in [0.1, 0.15) is 0 Å². The monoisotopic (exact) mass is 465 g/mol. The normalized spacial score (nSPS) is 14.3. The highest BCUT2D eigenvalue weighted by Crippen LogP contribution is 2.48. The van der Waals surface area contributed by atoms with E-state index in [1.165, 1.54) is 7.11 Å². The molecule has 0 bridgehead atoms. The second-order valence-electron chi connectivity index (χ2n) is 9.35. The number of nitrogens with zero attached hydrogens (tertiary/aromatic N) is 3. The van der Waals surface area contributed by atoms with Gasteiger partial charge in [0.15, 0.2) is 12.3 Å². The number of hydrogen-bond donors (Lipinski definition) is 0. The van der Waals surface area contributed by atoms with Gasteiger partial charge in [-0.05, 0) is 69.5 Å². The maximum Gasteiger partial charge on any atom is 0.339 e. The molecule has 4 rings (SSSR count). The number of hydrogen-bond acceptors (Lipinski definition) is 5. The van der Waals surface area contributed by atoms with Crippen LogP contribution in [0.25, 0.3) is 22.0 Å². The lowest BCUT2D eigenvalue weighted by Gasteiger charge is -2.33. The van der Waals surface area contributed by atoms with Gasteiger partial charge in [-0.2, -0.15) is 5.26 Å². The molecule has 2 aromatic carbocycles. The molecule has 0 spiro atoms. The summed E-state index contributed by atoms with van der Waals surface area (Å²) in [6.45, 7) is 11.0. The van der Waals surface area contributed by atoms with Crippen LogP contribution in [0, 0.1) is 25.3 Å². The number of ether oxygens (including phenoxy) is 2. The number of anilines is 1. The van der Waals surface area contributed by atoms with E-state index in [9.17, 15) is 10.1 Å². The van der Waals surface area contributed by atoms with Gasteiger partial charge in [-0.25, -0.2) is 4.79 Å². The van der Waals surface area contributed by atoms with Crippen LogP contribution in [-0.4, -0.2) is 29.8 Å². The second-order valence-corrected chi connectivity index (χ2v) is 9.79. The SMILES string of the molecule is COC(=O)[C@@H](OC(C)(C)C)c1c(C)c2c3c(cc(C)n3CCN2C#N)c1-c1ccc(Cl)cc1. The Hall–Kier alpha value is -3.01. The summed E-state index contributed by atoms with van der Waals surface area (Å²) >= 11 is 6.19. The summed E-state index contributed by atoms with van der Waals surface area (Å²) in [4.78, 5) is 14.8. The molecule has 0 radical (unpaired) electrons. The van der Waals surface area contributed by atoms with Crippen molar-refractivity contribution in [2.45, 2.75) is 52.9 Å². The lowest BCUT2D eigenvalue weighted by atomic mass is 9.87. The number of aromatic nitrogens is 1. The molecule has 1 atom stereocenters. The predicted octanol–water partition coefficient (Wildman–Crippen LogP) is 5.91. The Kier molecular flexibility index (Phi) is 5.90. The molecule has 0 unspecified atom stereocenters. The van der Waals surface area contributed by atoms with Crippen LogP contribution in [0.4, 0.5) is 5.69 Å². The molecule has 1 aliphatic heterocycles. The Morgan fingerprint density at radius 1 is 1.18 bits per heavy atom. The number of halogens is 1. The van der Waals surface area contributed by atoms with E-state index in [0.29, 0.717) is 23.7 Å². The highest BCUT2D eigenvalue weighted by Gasteiger charge is 2.36. The van der Waals surface area contributed by atoms with Crippen molar-refractivity contribution >= 4 is 34.2 Å². The molecule has 1 aliphatic rings. The van der Waals surface area contributed by atoms with Crippen molar-refractivity contribution < 1.29 is 14.3 Å². The van der Waals surface area contributed by atoms with Gasteiger partial charge in [-0.1, -0.05) is 23.7 Å². The maximum absolute atomic E-state index is 13.1. The smallest absolute Gasteiger partial charge is 0.339 e. The van der Waals surface area contributed by atoms with Crippen LogP contribution >= 0.6 is 11.6 Å². The van der Waals surface area contributed by atoms with E-state index < -0.39 is 17.7 Å². The summed E-state index contributed by atoms with van der Waals surface area (Å²) in [6.07, 6.45) is 1.36. The van der Waals surface area contributed by atoms with Gasteiger partial charge in [0.2, 0.25) is 0 Å². The summed E-state index contributed by atoms with van der Waals surface area (Å²) in [7, 11) is 1.36. The standard InChI is InChI=1S/C26H28ClN3O3/c1-15-13-19-21(17-7-9-18(27)10-8-17)20(24(25(31)32-6)33-26(3,4)5)16(2)22-23(19)30(15)12-11-29(22)14-28/h7-10,13,24H,11-12H2,1-6H3/t24-/m0/s1. The average molecular weight is 466 g/mol. The topological polar surface area (TPSA) is 67.5 Å². The van der Waals surface area contributed by atoms with Gasteiger partial charge in [0.05, 0.1) is 30.5 Å². The predicted molar refractivity (Wildman–Crippen MR) is 130 cm³/mol. The molecule has 172 valence electrons. The Bertz CT molecular complexity index is 1280. The molecular weight excluding hydrogens is 438 g/mol. The van der Waals surface area contributed by atoms with E-state index in [1.807, 2.05) is 52.0 Å². The van der Waals surface area contributed by atoms with Crippen LogP contribution in [0.3, 0.4) is 0 Å². The van der Waals surface area contributed by atoms with Crippen molar-refractivity contribution in [1.82, 2.24) is 4.57 Å². The quantitative estimate of drug-likeness (QED) is 0.354. The Labute approximate surface area is 199 Å². The highest BCUT2D eigenvalue weighted by molar-refractivity contribution is 6.30. The van der Waals surface area contributed by atoms with Crippen molar-refractivity contribution in [3.05, 3.63) is 52.2 Å². The zero-order valence-electron chi connectivity index (χ0n) is 19.8. The van der Waals surface area contributed by atoms with Crippen LogP contribution in [0.15, 0.2) is 30.3 Å². The van der Waals surface area contributed by atoms with Gasteiger partial charge in [-0.15, -0.1) is 0 Å². The van der Waals surface area contributed by atoms with E-state index in [-0.39, 0.29) is 0 Å². The molecule has 33 heavy (non-hydrogen) atoms. The molecule has 0 saturated carbocycles. The molecule has 2 heterocycles. The number of benzene rings is 2. The maximum atomic E-state index is 13.1. The molecule has 0 N–H and O–H groups in total. The summed E-state index contributed by atoms with van der Waals surface area (Å²) in [5.41, 5.74) is 5.64. The van der Waals surface area contributed by atoms with Crippen LogP contribution in [0.5, 0.6) is 0 Å². The number of aryl methyl sites for hydroxylation is 1. The Morgan fingerprint density at radius 2 is 1.85 bits per heavy atom. The van der Waals surface area contributed by atoms with Gasteiger partial charge in [-0.3, -0.25) is 4.90 Å². The summed E-state index contributed by atoms with van der Waals surface area (Å²) in [5, 5.41) is 11.5. The van der Waals surface area contributed by atoms with Crippen molar-refractivity contribution in [2.24, 2.45) is 0 Å². The zero-order chi connectivity index (χ0) is 24.1. The van der Waals surface area contributed by atoms with Crippen LogP contribution < -0.4 is 4.90 Å². The number of rotatable bonds is 4. The molecular formula is C26H28ClN3O3. The lowest BCUT2D eigenvalue weighted by molar-refractivity contribution is -0.164. The summed E-state index contributed by atoms with van der Waals surface area (Å²) in [6, 6.07) is 9.70. The van der Waals surface area contributed by atoms with Crippen LogP contribution in [0.2, 0.25) is 5.02 Å². The van der Waals surface area contributed by atoms with Crippen molar-refractivity contribution in [3.8, 4) is 17.3 Å². The molecule has 1 aromatic heterocycles. The summed E-state index contributed by atoms with van der Waals surface area (Å²) in [5.74, 6) is -0.481. The number of carbonyl (C=O) groups excluding carboxylic acids is 1. The van der Waals surface area contributed by atoms with Gasteiger partial charge >= 0.3 is 5.97 Å². The fraction of sp³-hybridized carbons (Fsp3) is 0.385. The van der Waals surface area contributed by atoms with Crippen molar-refractivity contribution in [1.29, 1.82) is 5.26 Å². The largest absolute Gasteiger partial charge is 0.467 e. The van der Waals surface area contributed by atoms with Gasteiger partial charge in [0, 0.05) is 28.2 Å². The van der Waals surface area contributed by atoms with Crippen molar-refractivity contribution in [3.63, 3.8) is 0 Å². The van der Waals surface area contributed by atoms with E-state index in [0.717, 1.165) is 39.0 Å². The van der Waals surface area contributed by atoms with E-state index in [2.05, 4.69) is 23.8 Å². The number of esters is 1. The molecule has 0 amide bonds. The fourth-order valence-electron chi connectivity index (χ4n) is 4.73. The highest BCUT2D eigenvalue weighted by atomic mass is 35.5. The molecule has 7 heteroatoms. The molecule has 3 aromatic rings. The first-order valence-corrected chi connectivity index (χ1v) is 11.3. The number of nitriles is 1. The Balaban J connectivity index is 2.18. The molecule has 0 fully saturated rings. The minimum Gasteiger partial charge on any atom is -0.467 e. The van der Waals surface area contributed by atoms with Crippen molar-refractivity contribution in [2.75, 3.05) is 18.6 Å². The summed E-state index contributed by atoms with van der Waals surface area (Å²) < 4.78 is 13.7. The van der Waals surface area contributed by atoms with E-state index in [4.69, 9.17) is 21.1 Å². The van der Waals surface area contributed by atoms with Crippen LogP contribution in [0.1, 0.15) is 43.7 Å². The first-order valence-electron chi connectivity index (χ1n) is 10.9. The Morgan fingerprint density at radius 3 is 2.42 bits per heavy atom. The molecule has 0 aliphatic carbocycles. The first kappa shape index (κ1) is 23.2. The minimum absolute atomic E-state index is 0.481. The third-order valence-corrected chi connectivity index (χ3v) is 6.30. The minimum atomic E-state index is -0.965. The lowest BCUT2D eigenvalue weighted by Crippen LogP contribution is -2.31. The average Bonchev–Trinajstić information content (AvgIpc) is 3.10. The van der Waals surface area contributed by atoms with Crippen LogP contribution in [-0.2, 0) is 20.8 Å². The first-order chi connectivity index (χ1) is 15.6. The molecule has 6 nitrogen and oxygen atoms in total. The van der Waals surface area contributed by atoms with Gasteiger partial charge < -0.3 is 14.0 Å². The van der Waals surface area contributed by atoms with Gasteiger partial charge in [0.25, 0.3) is 0 Å². The molecule has 0 saturated heterocycles. The number of carbonyl (C=O) groups is 1. The zero-order valence-corrected chi connectivity index (χ0v) is 20.6. The van der Waals surface area contributed by atoms with E-state index in [1.54, 1.807) is 4.90 Å². The third kappa shape index (κ3) is 3.96. The second kappa shape index (κ2) is 8.40. The van der Waals surface area contributed by atoms with E-state index >= 15 is 0 Å². The third-order valence-electron chi connectivity index (χ3n) is 6.05.